The SMILES string of the molecule is C=C(C)C(=O)OCCCCCCCNc1ccc(C=Cc2ccc([N+](=O)[O-])cc2)cc1. The summed E-state index contributed by atoms with van der Waals surface area (Å²) < 4.78 is 5.07. The molecule has 0 heterocycles. The van der Waals surface area contributed by atoms with Crippen molar-refractivity contribution in [1.82, 2.24) is 0 Å². The highest BCUT2D eigenvalue weighted by atomic mass is 16.6. The number of hydrogen-bond donors (Lipinski definition) is 1. The molecule has 0 aliphatic rings. The summed E-state index contributed by atoms with van der Waals surface area (Å²) in [5.41, 5.74) is 3.61. The summed E-state index contributed by atoms with van der Waals surface area (Å²) in [5.74, 6) is -0.308. The van der Waals surface area contributed by atoms with Crippen molar-refractivity contribution in [3.63, 3.8) is 0 Å². The van der Waals surface area contributed by atoms with Crippen molar-refractivity contribution in [2.45, 2.75) is 39.0 Å². The Morgan fingerprint density at radius 1 is 0.968 bits per heavy atom. The van der Waals surface area contributed by atoms with Crippen LogP contribution in [0.3, 0.4) is 0 Å². The van der Waals surface area contributed by atoms with Gasteiger partial charge in [-0.2, -0.15) is 0 Å². The van der Waals surface area contributed by atoms with Gasteiger partial charge in [-0.25, -0.2) is 4.79 Å². The first-order valence-corrected chi connectivity index (χ1v) is 10.5. The number of non-ortho nitro benzene ring substituents is 1. The van der Waals surface area contributed by atoms with E-state index in [1.807, 2.05) is 36.4 Å². The molecule has 6 nitrogen and oxygen atoms in total. The minimum Gasteiger partial charge on any atom is -0.462 e. The van der Waals surface area contributed by atoms with Gasteiger partial charge in [-0.05, 0) is 55.2 Å². The van der Waals surface area contributed by atoms with Gasteiger partial charge in [0.2, 0.25) is 0 Å². The van der Waals surface area contributed by atoms with Crippen molar-refractivity contribution in [3.8, 4) is 0 Å². The van der Waals surface area contributed by atoms with Crippen molar-refractivity contribution in [1.29, 1.82) is 0 Å². The van der Waals surface area contributed by atoms with E-state index in [1.165, 1.54) is 12.1 Å². The Balaban J connectivity index is 1.60. The molecule has 0 aliphatic heterocycles. The Bertz CT molecular complexity index is 887. The number of anilines is 1. The highest BCUT2D eigenvalue weighted by Gasteiger charge is 2.03. The lowest BCUT2D eigenvalue weighted by atomic mass is 10.1. The third kappa shape index (κ3) is 9.30. The van der Waals surface area contributed by atoms with Gasteiger partial charge < -0.3 is 10.1 Å². The molecule has 0 aliphatic carbocycles. The number of unbranched alkanes of at least 4 members (excludes halogenated alkanes) is 4. The Labute approximate surface area is 183 Å². The zero-order chi connectivity index (χ0) is 22.5. The van der Waals surface area contributed by atoms with E-state index in [-0.39, 0.29) is 11.7 Å². The summed E-state index contributed by atoms with van der Waals surface area (Å²) in [7, 11) is 0. The monoisotopic (exact) mass is 422 g/mol. The predicted octanol–water partition coefficient (Wildman–Crippen LogP) is 6.25. The van der Waals surface area contributed by atoms with Crippen molar-refractivity contribution in [3.05, 3.63) is 81.9 Å². The van der Waals surface area contributed by atoms with Crippen LogP contribution in [-0.2, 0) is 9.53 Å². The molecule has 2 rings (SSSR count). The number of benzene rings is 2. The smallest absolute Gasteiger partial charge is 0.333 e. The standard InChI is InChI=1S/C25H30N2O4/c1-20(2)25(28)31-19-7-5-3-4-6-18-26-23-14-10-21(11-15-23)8-9-22-12-16-24(17-13-22)27(29)30/h8-17,26H,1,3-7,18-19H2,2H3. The number of ether oxygens (including phenoxy) is 1. The molecule has 164 valence electrons. The summed E-state index contributed by atoms with van der Waals surface area (Å²) in [5, 5.41) is 14.1. The van der Waals surface area contributed by atoms with Gasteiger partial charge in [0.1, 0.15) is 0 Å². The first kappa shape index (κ1) is 23.9. The van der Waals surface area contributed by atoms with E-state index < -0.39 is 4.92 Å². The Morgan fingerprint density at radius 3 is 2.10 bits per heavy atom. The minimum atomic E-state index is -0.399. The maximum atomic E-state index is 11.3. The highest BCUT2D eigenvalue weighted by molar-refractivity contribution is 5.86. The van der Waals surface area contributed by atoms with Crippen LogP contribution in [0.4, 0.5) is 11.4 Å². The maximum Gasteiger partial charge on any atom is 0.333 e. The quantitative estimate of drug-likeness (QED) is 0.103. The van der Waals surface area contributed by atoms with E-state index in [0.717, 1.165) is 55.5 Å². The third-order valence-electron chi connectivity index (χ3n) is 4.71. The van der Waals surface area contributed by atoms with E-state index in [1.54, 1.807) is 19.1 Å². The lowest BCUT2D eigenvalue weighted by molar-refractivity contribution is -0.384. The molecule has 31 heavy (non-hydrogen) atoms. The Morgan fingerprint density at radius 2 is 1.52 bits per heavy atom. The zero-order valence-electron chi connectivity index (χ0n) is 18.0. The summed E-state index contributed by atoms with van der Waals surface area (Å²) >= 11 is 0. The highest BCUT2D eigenvalue weighted by Crippen LogP contribution is 2.16. The molecule has 0 atom stereocenters. The van der Waals surface area contributed by atoms with Crippen molar-refractivity contribution < 1.29 is 14.5 Å². The van der Waals surface area contributed by atoms with Gasteiger partial charge in [-0.1, -0.05) is 50.1 Å². The average Bonchev–Trinajstić information content (AvgIpc) is 2.77. The molecule has 0 saturated heterocycles. The second kappa shape index (κ2) is 13.0. The molecule has 6 heteroatoms. The first-order chi connectivity index (χ1) is 15.0. The Kier molecular flexibility index (Phi) is 10.0. The molecule has 0 unspecified atom stereocenters. The largest absolute Gasteiger partial charge is 0.462 e. The molecule has 0 spiro atoms. The number of nitro groups is 1. The van der Waals surface area contributed by atoms with Crippen LogP contribution < -0.4 is 5.32 Å². The van der Waals surface area contributed by atoms with Crippen molar-refractivity contribution in [2.24, 2.45) is 0 Å². The van der Waals surface area contributed by atoms with E-state index in [0.29, 0.717) is 12.2 Å². The lowest BCUT2D eigenvalue weighted by Gasteiger charge is -2.07. The second-order valence-electron chi connectivity index (χ2n) is 7.41. The summed E-state index contributed by atoms with van der Waals surface area (Å²) in [6.07, 6.45) is 9.22. The Hall–Kier alpha value is -3.41. The number of rotatable bonds is 13. The maximum absolute atomic E-state index is 11.3. The van der Waals surface area contributed by atoms with Crippen LogP contribution in [0.25, 0.3) is 12.2 Å². The average molecular weight is 423 g/mol. The van der Waals surface area contributed by atoms with Crippen LogP contribution >= 0.6 is 0 Å². The van der Waals surface area contributed by atoms with E-state index >= 15 is 0 Å². The first-order valence-electron chi connectivity index (χ1n) is 10.5. The minimum absolute atomic E-state index is 0.0941. The lowest BCUT2D eigenvalue weighted by Crippen LogP contribution is -2.06. The topological polar surface area (TPSA) is 81.5 Å². The summed E-state index contributed by atoms with van der Waals surface area (Å²) in [6, 6.07) is 14.7. The molecule has 0 saturated carbocycles. The molecule has 2 aromatic carbocycles. The molecule has 0 radical (unpaired) electrons. The fourth-order valence-corrected chi connectivity index (χ4v) is 2.89. The van der Waals surface area contributed by atoms with Crippen LogP contribution in [0.5, 0.6) is 0 Å². The van der Waals surface area contributed by atoms with Gasteiger partial charge in [0.05, 0.1) is 11.5 Å². The molecule has 0 bridgehead atoms. The summed E-state index contributed by atoms with van der Waals surface area (Å²) in [4.78, 5) is 21.5. The second-order valence-corrected chi connectivity index (χ2v) is 7.41. The number of esters is 1. The number of carbonyl (C=O) groups excluding carboxylic acids is 1. The number of nitrogens with one attached hydrogen (secondary N) is 1. The number of nitrogens with zero attached hydrogens (tertiary/aromatic N) is 1. The van der Waals surface area contributed by atoms with Crippen LogP contribution in [0.15, 0.2) is 60.7 Å². The van der Waals surface area contributed by atoms with Gasteiger partial charge in [0.25, 0.3) is 5.69 Å². The van der Waals surface area contributed by atoms with Gasteiger partial charge in [0.15, 0.2) is 0 Å². The van der Waals surface area contributed by atoms with Crippen LogP contribution in [0.1, 0.15) is 50.2 Å². The molecular weight excluding hydrogens is 392 g/mol. The van der Waals surface area contributed by atoms with Crippen LogP contribution in [0.2, 0.25) is 0 Å². The zero-order valence-corrected chi connectivity index (χ0v) is 18.0. The molecular formula is C25H30N2O4. The molecule has 0 fully saturated rings. The molecule has 0 amide bonds. The normalized spacial score (nSPS) is 10.7. The number of carbonyl (C=O) groups is 1. The number of hydrogen-bond acceptors (Lipinski definition) is 5. The number of nitro benzene ring substituents is 1. The third-order valence-corrected chi connectivity index (χ3v) is 4.71. The van der Waals surface area contributed by atoms with Gasteiger partial charge >= 0.3 is 5.97 Å². The predicted molar refractivity (Wildman–Crippen MR) is 126 cm³/mol. The van der Waals surface area contributed by atoms with E-state index in [4.69, 9.17) is 4.74 Å². The van der Waals surface area contributed by atoms with E-state index in [2.05, 4.69) is 11.9 Å². The van der Waals surface area contributed by atoms with Crippen LogP contribution in [0, 0.1) is 10.1 Å². The molecule has 1 N–H and O–H groups in total. The van der Waals surface area contributed by atoms with Gasteiger partial charge in [-0.15, -0.1) is 0 Å². The fourth-order valence-electron chi connectivity index (χ4n) is 2.89. The molecule has 0 aromatic heterocycles. The fraction of sp³-hybridized carbons (Fsp3) is 0.320. The van der Waals surface area contributed by atoms with Crippen LogP contribution in [-0.4, -0.2) is 24.0 Å². The van der Waals surface area contributed by atoms with E-state index in [9.17, 15) is 14.9 Å². The van der Waals surface area contributed by atoms with Gasteiger partial charge in [-0.3, -0.25) is 10.1 Å². The van der Waals surface area contributed by atoms with Gasteiger partial charge in [0, 0.05) is 29.9 Å². The van der Waals surface area contributed by atoms with Crippen molar-refractivity contribution in [2.75, 3.05) is 18.5 Å². The summed E-state index contributed by atoms with van der Waals surface area (Å²) in [6.45, 7) is 6.60. The molecule has 2 aromatic rings. The van der Waals surface area contributed by atoms with Crippen molar-refractivity contribution >= 4 is 29.5 Å².